The molecule has 4 nitrogen and oxygen atoms in total. The molecule has 136 valence electrons. The number of aromatic nitrogens is 1. The Balaban J connectivity index is 1.44. The summed E-state index contributed by atoms with van der Waals surface area (Å²) in [6.07, 6.45) is 2.47. The average molecular weight is 358 g/mol. The fourth-order valence-corrected chi connectivity index (χ4v) is 3.52. The molecule has 4 heteroatoms. The molecule has 0 radical (unpaired) electrons. The SMILES string of the molecule is COc1ccc2ccccc2c1CNC(=O)CCn1ccc2ccccc21. The normalized spacial score (nSPS) is 11.0. The Bertz CT molecular complexity index is 1100. The second-order valence-electron chi connectivity index (χ2n) is 6.56. The zero-order chi connectivity index (χ0) is 18.6. The smallest absolute Gasteiger partial charge is 0.222 e. The van der Waals surface area contributed by atoms with Gasteiger partial charge in [0.15, 0.2) is 0 Å². The van der Waals surface area contributed by atoms with E-state index in [9.17, 15) is 4.79 Å². The van der Waals surface area contributed by atoms with Crippen LogP contribution in [-0.2, 0) is 17.9 Å². The Kier molecular flexibility index (Phi) is 4.79. The van der Waals surface area contributed by atoms with Gasteiger partial charge in [-0.25, -0.2) is 0 Å². The van der Waals surface area contributed by atoms with E-state index >= 15 is 0 Å². The first kappa shape index (κ1) is 17.2. The van der Waals surface area contributed by atoms with Crippen LogP contribution in [0.5, 0.6) is 5.75 Å². The summed E-state index contributed by atoms with van der Waals surface area (Å²) in [4.78, 5) is 12.4. The van der Waals surface area contributed by atoms with Gasteiger partial charge in [-0.3, -0.25) is 4.79 Å². The molecule has 27 heavy (non-hydrogen) atoms. The number of hydrogen-bond acceptors (Lipinski definition) is 2. The van der Waals surface area contributed by atoms with E-state index in [4.69, 9.17) is 4.74 Å². The lowest BCUT2D eigenvalue weighted by Crippen LogP contribution is -2.24. The zero-order valence-corrected chi connectivity index (χ0v) is 15.3. The molecule has 0 saturated heterocycles. The molecule has 3 aromatic carbocycles. The third kappa shape index (κ3) is 3.51. The molecule has 0 bridgehead atoms. The van der Waals surface area contributed by atoms with Crippen molar-refractivity contribution >= 4 is 27.6 Å². The van der Waals surface area contributed by atoms with Crippen LogP contribution >= 0.6 is 0 Å². The highest BCUT2D eigenvalue weighted by Gasteiger charge is 2.10. The largest absolute Gasteiger partial charge is 0.496 e. The van der Waals surface area contributed by atoms with Crippen molar-refractivity contribution in [3.63, 3.8) is 0 Å². The van der Waals surface area contributed by atoms with Crippen molar-refractivity contribution in [3.05, 3.63) is 78.5 Å². The Labute approximate surface area is 158 Å². The van der Waals surface area contributed by atoms with Crippen molar-refractivity contribution in [2.45, 2.75) is 19.5 Å². The summed E-state index contributed by atoms with van der Waals surface area (Å²) in [6.45, 7) is 1.11. The molecule has 0 spiro atoms. The van der Waals surface area contributed by atoms with Crippen LogP contribution in [0.3, 0.4) is 0 Å². The number of fused-ring (bicyclic) bond motifs is 2. The van der Waals surface area contributed by atoms with Gasteiger partial charge in [-0.2, -0.15) is 0 Å². The Morgan fingerprint density at radius 1 is 0.963 bits per heavy atom. The lowest BCUT2D eigenvalue weighted by molar-refractivity contribution is -0.121. The Morgan fingerprint density at radius 3 is 2.59 bits per heavy atom. The summed E-state index contributed by atoms with van der Waals surface area (Å²) in [6, 6.07) is 22.4. The number of para-hydroxylation sites is 1. The van der Waals surface area contributed by atoms with Crippen LogP contribution in [0, 0.1) is 0 Å². The van der Waals surface area contributed by atoms with Gasteiger partial charge in [-0.1, -0.05) is 48.5 Å². The number of benzene rings is 3. The Morgan fingerprint density at radius 2 is 1.74 bits per heavy atom. The topological polar surface area (TPSA) is 43.3 Å². The van der Waals surface area contributed by atoms with Gasteiger partial charge in [0.25, 0.3) is 0 Å². The summed E-state index contributed by atoms with van der Waals surface area (Å²) >= 11 is 0. The third-order valence-corrected chi connectivity index (χ3v) is 4.94. The minimum atomic E-state index is 0.0303. The predicted octanol–water partition coefficient (Wildman–Crippen LogP) is 4.51. The highest BCUT2D eigenvalue weighted by Crippen LogP contribution is 2.27. The van der Waals surface area contributed by atoms with Crippen molar-refractivity contribution in [1.82, 2.24) is 9.88 Å². The second kappa shape index (κ2) is 7.54. The fourth-order valence-electron chi connectivity index (χ4n) is 3.52. The van der Waals surface area contributed by atoms with Crippen molar-refractivity contribution in [2.75, 3.05) is 7.11 Å². The summed E-state index contributed by atoms with van der Waals surface area (Å²) in [5, 5.41) is 6.48. The van der Waals surface area contributed by atoms with Gasteiger partial charge >= 0.3 is 0 Å². The van der Waals surface area contributed by atoms with Crippen LogP contribution in [0.4, 0.5) is 0 Å². The quantitative estimate of drug-likeness (QED) is 0.551. The van der Waals surface area contributed by atoms with E-state index in [1.165, 1.54) is 5.39 Å². The van der Waals surface area contributed by atoms with Crippen molar-refractivity contribution in [2.24, 2.45) is 0 Å². The first-order chi connectivity index (χ1) is 13.3. The fraction of sp³-hybridized carbons (Fsp3) is 0.174. The van der Waals surface area contributed by atoms with Gasteiger partial charge < -0.3 is 14.6 Å². The number of carbonyl (C=O) groups is 1. The number of rotatable bonds is 6. The molecular formula is C23H22N2O2. The van der Waals surface area contributed by atoms with Crippen LogP contribution in [0.1, 0.15) is 12.0 Å². The molecule has 1 N–H and O–H groups in total. The number of ether oxygens (including phenoxy) is 1. The predicted molar refractivity (Wildman–Crippen MR) is 109 cm³/mol. The highest BCUT2D eigenvalue weighted by atomic mass is 16.5. The van der Waals surface area contributed by atoms with Gasteiger partial charge in [-0.15, -0.1) is 0 Å². The average Bonchev–Trinajstić information content (AvgIpc) is 3.13. The Hall–Kier alpha value is -3.27. The lowest BCUT2D eigenvalue weighted by atomic mass is 10.0. The summed E-state index contributed by atoms with van der Waals surface area (Å²) in [7, 11) is 1.66. The van der Waals surface area contributed by atoms with Gasteiger partial charge in [-0.05, 0) is 34.4 Å². The van der Waals surface area contributed by atoms with E-state index in [1.54, 1.807) is 7.11 Å². The molecular weight excluding hydrogens is 336 g/mol. The maximum atomic E-state index is 12.4. The molecule has 1 aromatic heterocycles. The zero-order valence-electron chi connectivity index (χ0n) is 15.3. The molecule has 0 aliphatic rings. The van der Waals surface area contributed by atoms with E-state index in [2.05, 4.69) is 40.2 Å². The van der Waals surface area contributed by atoms with Crippen LogP contribution < -0.4 is 10.1 Å². The molecule has 0 unspecified atom stereocenters. The molecule has 0 aliphatic heterocycles. The number of carbonyl (C=O) groups excluding carboxylic acids is 1. The second-order valence-corrected chi connectivity index (χ2v) is 6.56. The van der Waals surface area contributed by atoms with E-state index in [-0.39, 0.29) is 5.91 Å². The van der Waals surface area contributed by atoms with E-state index in [0.717, 1.165) is 27.6 Å². The van der Waals surface area contributed by atoms with Crippen molar-refractivity contribution in [3.8, 4) is 5.75 Å². The van der Waals surface area contributed by atoms with Crippen LogP contribution in [0.2, 0.25) is 0 Å². The minimum Gasteiger partial charge on any atom is -0.496 e. The molecule has 0 fully saturated rings. The molecule has 4 aromatic rings. The maximum Gasteiger partial charge on any atom is 0.222 e. The van der Waals surface area contributed by atoms with Gasteiger partial charge in [0.05, 0.1) is 7.11 Å². The van der Waals surface area contributed by atoms with Gasteiger partial charge in [0.1, 0.15) is 5.75 Å². The highest BCUT2D eigenvalue weighted by molar-refractivity contribution is 5.88. The molecule has 0 atom stereocenters. The minimum absolute atomic E-state index is 0.0303. The summed E-state index contributed by atoms with van der Waals surface area (Å²) in [5.41, 5.74) is 2.16. The van der Waals surface area contributed by atoms with Crippen LogP contribution in [0.15, 0.2) is 72.9 Å². The number of nitrogens with zero attached hydrogens (tertiary/aromatic N) is 1. The summed E-state index contributed by atoms with van der Waals surface area (Å²) in [5.74, 6) is 0.827. The van der Waals surface area contributed by atoms with Crippen LogP contribution in [-0.4, -0.2) is 17.6 Å². The standard InChI is InChI=1S/C23H22N2O2/c1-27-22-11-10-17-6-2-4-8-19(17)20(22)16-24-23(26)13-15-25-14-12-18-7-3-5-9-21(18)25/h2-12,14H,13,15-16H2,1H3,(H,24,26). The van der Waals surface area contributed by atoms with Crippen molar-refractivity contribution in [1.29, 1.82) is 0 Å². The number of hydrogen-bond donors (Lipinski definition) is 1. The number of amides is 1. The first-order valence-corrected chi connectivity index (χ1v) is 9.11. The van der Waals surface area contributed by atoms with Crippen molar-refractivity contribution < 1.29 is 9.53 Å². The number of nitrogens with one attached hydrogen (secondary N) is 1. The van der Waals surface area contributed by atoms with E-state index in [0.29, 0.717) is 19.5 Å². The van der Waals surface area contributed by atoms with Gasteiger partial charge in [0.2, 0.25) is 5.91 Å². The van der Waals surface area contributed by atoms with E-state index in [1.807, 2.05) is 42.6 Å². The van der Waals surface area contributed by atoms with E-state index < -0.39 is 0 Å². The molecule has 4 rings (SSSR count). The molecule has 0 saturated carbocycles. The molecule has 1 amide bonds. The molecule has 1 heterocycles. The first-order valence-electron chi connectivity index (χ1n) is 9.11. The maximum absolute atomic E-state index is 12.4. The number of aryl methyl sites for hydroxylation is 1. The third-order valence-electron chi connectivity index (χ3n) is 4.94. The monoisotopic (exact) mass is 358 g/mol. The van der Waals surface area contributed by atoms with Gasteiger partial charge in [0, 0.05) is 36.8 Å². The lowest BCUT2D eigenvalue weighted by Gasteiger charge is -2.13. The van der Waals surface area contributed by atoms with Crippen LogP contribution in [0.25, 0.3) is 21.7 Å². The molecule has 0 aliphatic carbocycles. The summed E-state index contributed by atoms with van der Waals surface area (Å²) < 4.78 is 7.62. The number of methoxy groups -OCH3 is 1.